The fourth-order valence-electron chi connectivity index (χ4n) is 0.0921. The molecule has 42 valence electrons. The fraction of sp³-hybridized carbons (Fsp3) is 0.500. The van der Waals surface area contributed by atoms with Crippen molar-refractivity contribution in [3.05, 3.63) is 11.7 Å². The molecule has 0 radical (unpaired) electrons. The molecule has 0 aromatic heterocycles. The molecule has 7 heavy (non-hydrogen) atoms. The van der Waals surface area contributed by atoms with E-state index >= 15 is 0 Å². The minimum atomic E-state index is -1.34. The van der Waals surface area contributed by atoms with Gasteiger partial charge in [-0.1, -0.05) is 0 Å². The molecule has 0 fully saturated rings. The van der Waals surface area contributed by atoms with Crippen molar-refractivity contribution >= 4 is 0 Å². The van der Waals surface area contributed by atoms with Crippen molar-refractivity contribution in [1.29, 1.82) is 0 Å². The molecule has 0 saturated heterocycles. The van der Waals surface area contributed by atoms with Crippen LogP contribution in [0.4, 0.5) is 13.2 Å². The summed E-state index contributed by atoms with van der Waals surface area (Å²) in [6.45, 7) is -0.475. The largest absolute Gasteiger partial charge is 0.243 e. The van der Waals surface area contributed by atoms with E-state index in [1.165, 1.54) is 0 Å². The summed E-state index contributed by atoms with van der Waals surface area (Å²) in [6, 6.07) is 0. The zero-order chi connectivity index (χ0) is 5.86. The molecule has 0 aliphatic heterocycles. The van der Waals surface area contributed by atoms with E-state index in [4.69, 9.17) is 0 Å². The van der Waals surface area contributed by atoms with E-state index in [1.807, 2.05) is 0 Å². The fourth-order valence-corrected chi connectivity index (χ4v) is 0.0921. The van der Waals surface area contributed by atoms with Crippen molar-refractivity contribution in [3.63, 3.8) is 0 Å². The van der Waals surface area contributed by atoms with Gasteiger partial charge in [0.15, 0.2) is 5.83 Å². The van der Waals surface area contributed by atoms with Crippen molar-refractivity contribution < 1.29 is 13.2 Å². The highest BCUT2D eigenvalue weighted by molar-refractivity contribution is 4.95. The first-order valence-electron chi connectivity index (χ1n) is 1.75. The highest BCUT2D eigenvalue weighted by Crippen LogP contribution is 2.05. The zero-order valence-electron chi connectivity index (χ0n) is 3.84. The maximum atomic E-state index is 11.4. The predicted octanol–water partition coefficient (Wildman–Crippen LogP) is 2.13. The third-order valence-corrected chi connectivity index (χ3v) is 0.491. The third-order valence-electron chi connectivity index (χ3n) is 0.491. The average Bonchev–Trinajstić information content (AvgIpc) is 1.65. The third kappa shape index (κ3) is 2.25. The van der Waals surface area contributed by atoms with Crippen LogP contribution in [-0.2, 0) is 0 Å². The van der Waals surface area contributed by atoms with Crippen molar-refractivity contribution in [3.8, 4) is 0 Å². The minimum Gasteiger partial charge on any atom is -0.243 e. The van der Waals surface area contributed by atoms with Gasteiger partial charge in [-0.05, 0) is 6.92 Å². The van der Waals surface area contributed by atoms with Crippen LogP contribution in [0.15, 0.2) is 11.7 Å². The molecule has 0 atom stereocenters. The number of hydrogen-bond acceptors (Lipinski definition) is 0. The van der Waals surface area contributed by atoms with Gasteiger partial charge in [0.05, 0.1) is 0 Å². The molecular weight excluding hydrogens is 105 g/mol. The van der Waals surface area contributed by atoms with Crippen LogP contribution in [0.1, 0.15) is 6.92 Å². The predicted molar refractivity (Wildman–Crippen MR) is 20.9 cm³/mol. The average molecular weight is 110 g/mol. The van der Waals surface area contributed by atoms with Gasteiger partial charge in [-0.2, -0.15) is 0 Å². The molecule has 0 heterocycles. The van der Waals surface area contributed by atoms with Crippen molar-refractivity contribution in [2.75, 3.05) is 6.67 Å². The maximum Gasteiger partial charge on any atom is 0.162 e. The number of allylic oxidation sites excluding steroid dienone is 2. The number of hydrogen-bond donors (Lipinski definition) is 0. The van der Waals surface area contributed by atoms with Gasteiger partial charge < -0.3 is 0 Å². The highest BCUT2D eigenvalue weighted by atomic mass is 19.2. The molecule has 0 nitrogen and oxygen atoms in total. The van der Waals surface area contributed by atoms with Gasteiger partial charge in [0.1, 0.15) is 12.5 Å². The summed E-state index contributed by atoms with van der Waals surface area (Å²) in [5, 5.41) is 0. The quantitative estimate of drug-likeness (QED) is 0.485. The summed E-state index contributed by atoms with van der Waals surface area (Å²) < 4.78 is 33.7. The Morgan fingerprint density at radius 2 is 1.86 bits per heavy atom. The van der Waals surface area contributed by atoms with Gasteiger partial charge in [0.25, 0.3) is 0 Å². The molecule has 0 unspecified atom stereocenters. The molecular formula is C4H5F3. The molecule has 0 aromatic carbocycles. The first kappa shape index (κ1) is 6.53. The Morgan fingerprint density at radius 3 is 1.86 bits per heavy atom. The van der Waals surface area contributed by atoms with Gasteiger partial charge in [0, 0.05) is 0 Å². The molecule has 0 rings (SSSR count). The lowest BCUT2D eigenvalue weighted by Crippen LogP contribution is -1.76. The van der Waals surface area contributed by atoms with Gasteiger partial charge in [-0.3, -0.25) is 0 Å². The molecule has 0 spiro atoms. The lowest BCUT2D eigenvalue weighted by molar-refractivity contribution is 0.429. The molecule has 0 N–H and O–H groups in total. The van der Waals surface area contributed by atoms with E-state index in [0.717, 1.165) is 6.92 Å². The Labute approximate surface area is 39.6 Å². The smallest absolute Gasteiger partial charge is 0.162 e. The molecule has 0 aromatic rings. The van der Waals surface area contributed by atoms with Crippen LogP contribution >= 0.6 is 0 Å². The summed E-state index contributed by atoms with van der Waals surface area (Å²) in [6.07, 6.45) is 0. The van der Waals surface area contributed by atoms with Crippen molar-refractivity contribution in [2.24, 2.45) is 0 Å². The van der Waals surface area contributed by atoms with Gasteiger partial charge in [-0.15, -0.1) is 0 Å². The second kappa shape index (κ2) is 2.66. The molecule has 0 aliphatic carbocycles. The van der Waals surface area contributed by atoms with E-state index in [2.05, 4.69) is 0 Å². The van der Waals surface area contributed by atoms with Gasteiger partial charge in [-0.25, -0.2) is 13.2 Å². The Hall–Kier alpha value is -0.470. The lowest BCUT2D eigenvalue weighted by Gasteiger charge is -1.83. The SMILES string of the molecule is C/C(F)=C(/F)CF. The molecule has 0 amide bonds. The van der Waals surface area contributed by atoms with Crippen LogP contribution < -0.4 is 0 Å². The number of rotatable bonds is 1. The van der Waals surface area contributed by atoms with E-state index in [1.54, 1.807) is 0 Å². The van der Waals surface area contributed by atoms with Crippen LogP contribution in [0.25, 0.3) is 0 Å². The van der Waals surface area contributed by atoms with Crippen LogP contribution in [0.2, 0.25) is 0 Å². The highest BCUT2D eigenvalue weighted by Gasteiger charge is 1.96. The van der Waals surface area contributed by atoms with Gasteiger partial charge in [0.2, 0.25) is 0 Å². The molecule has 0 bridgehead atoms. The lowest BCUT2D eigenvalue weighted by atomic mass is 10.5. The Bertz CT molecular complexity index is 80.9. The van der Waals surface area contributed by atoms with E-state index in [9.17, 15) is 13.2 Å². The summed E-state index contributed by atoms with van der Waals surface area (Å²) in [5.74, 6) is -2.40. The Morgan fingerprint density at radius 1 is 1.43 bits per heavy atom. The normalized spacial score (nSPS) is 13.7. The van der Waals surface area contributed by atoms with Crippen LogP contribution in [0.3, 0.4) is 0 Å². The molecule has 0 saturated carbocycles. The topological polar surface area (TPSA) is 0 Å². The second-order valence-corrected chi connectivity index (χ2v) is 1.07. The first-order chi connectivity index (χ1) is 3.18. The van der Waals surface area contributed by atoms with E-state index in [-0.39, 0.29) is 0 Å². The maximum absolute atomic E-state index is 11.4. The van der Waals surface area contributed by atoms with Crippen molar-refractivity contribution in [1.82, 2.24) is 0 Å². The summed E-state index contributed by atoms with van der Waals surface area (Å²) >= 11 is 0. The molecule has 0 aliphatic rings. The summed E-state index contributed by atoms with van der Waals surface area (Å²) in [5.41, 5.74) is 0. The summed E-state index contributed by atoms with van der Waals surface area (Å²) in [4.78, 5) is 0. The second-order valence-electron chi connectivity index (χ2n) is 1.07. The van der Waals surface area contributed by atoms with Crippen molar-refractivity contribution in [2.45, 2.75) is 6.92 Å². The van der Waals surface area contributed by atoms with Gasteiger partial charge >= 0.3 is 0 Å². The van der Waals surface area contributed by atoms with Crippen LogP contribution in [0, 0.1) is 0 Å². The first-order valence-corrected chi connectivity index (χ1v) is 1.75. The standard InChI is InChI=1S/C4H5F3/c1-3(6)4(7)2-5/h2H2,1H3/b4-3-. The molecule has 3 heteroatoms. The van der Waals surface area contributed by atoms with Crippen LogP contribution in [0.5, 0.6) is 0 Å². The Kier molecular flexibility index (Phi) is 2.48. The summed E-state index contributed by atoms with van der Waals surface area (Å²) in [7, 11) is 0. The number of alkyl halides is 1. The van der Waals surface area contributed by atoms with Crippen LogP contribution in [-0.4, -0.2) is 6.67 Å². The number of halogens is 3. The minimum absolute atomic E-state index is 0.870. The van der Waals surface area contributed by atoms with E-state index < -0.39 is 18.3 Å². The zero-order valence-corrected chi connectivity index (χ0v) is 3.84. The van der Waals surface area contributed by atoms with E-state index in [0.29, 0.717) is 0 Å². The Balaban J connectivity index is 3.72. The monoisotopic (exact) mass is 110 g/mol.